The van der Waals surface area contributed by atoms with Crippen molar-refractivity contribution < 1.29 is 9.47 Å². The number of hydrogen-bond acceptors (Lipinski definition) is 4. The lowest BCUT2D eigenvalue weighted by Crippen LogP contribution is -2.40. The summed E-state index contributed by atoms with van der Waals surface area (Å²) in [6.45, 7) is 8.49. The van der Waals surface area contributed by atoms with Crippen LogP contribution in [0.4, 0.5) is 0 Å². The predicted molar refractivity (Wildman–Crippen MR) is 67.6 cm³/mol. The average Bonchev–Trinajstić information content (AvgIpc) is 2.21. The van der Waals surface area contributed by atoms with Crippen LogP contribution < -0.4 is 0 Å². The Morgan fingerprint density at radius 2 is 1.50 bits per heavy atom. The van der Waals surface area contributed by atoms with Gasteiger partial charge < -0.3 is 14.4 Å². The minimum atomic E-state index is -0.124. The zero-order valence-electron chi connectivity index (χ0n) is 11.7. The Morgan fingerprint density at radius 3 is 1.88 bits per heavy atom. The normalized spacial score (nSPS) is 12.4. The van der Waals surface area contributed by atoms with E-state index in [0.717, 1.165) is 26.2 Å². The Hall–Kier alpha value is -0.160. The number of methoxy groups -OCH3 is 2. The highest BCUT2D eigenvalue weighted by atomic mass is 16.7. The van der Waals surface area contributed by atoms with Crippen molar-refractivity contribution in [2.45, 2.75) is 20.1 Å². The first-order chi connectivity index (χ1) is 7.49. The number of hydrogen-bond donors (Lipinski definition) is 0. The van der Waals surface area contributed by atoms with Crippen molar-refractivity contribution in [3.63, 3.8) is 0 Å². The zero-order valence-corrected chi connectivity index (χ0v) is 11.7. The summed E-state index contributed by atoms with van der Waals surface area (Å²) in [5.41, 5.74) is 0. The Balaban J connectivity index is 4.07. The minimum Gasteiger partial charge on any atom is -0.355 e. The molecule has 4 nitrogen and oxygen atoms in total. The second-order valence-corrected chi connectivity index (χ2v) is 4.86. The van der Waals surface area contributed by atoms with E-state index >= 15 is 0 Å². The smallest absolute Gasteiger partial charge is 0.169 e. The highest BCUT2D eigenvalue weighted by Crippen LogP contribution is 2.02. The molecule has 0 amide bonds. The van der Waals surface area contributed by atoms with Crippen molar-refractivity contribution in [1.82, 2.24) is 9.80 Å². The van der Waals surface area contributed by atoms with Crippen LogP contribution in [0.3, 0.4) is 0 Å². The van der Waals surface area contributed by atoms with Crippen LogP contribution in [0, 0.1) is 5.92 Å². The molecule has 4 heteroatoms. The first-order valence-corrected chi connectivity index (χ1v) is 5.92. The molecule has 0 aromatic heterocycles. The van der Waals surface area contributed by atoms with Crippen LogP contribution in [-0.2, 0) is 9.47 Å². The van der Waals surface area contributed by atoms with Gasteiger partial charge in [0.2, 0.25) is 0 Å². The molecule has 98 valence electrons. The lowest BCUT2D eigenvalue weighted by Gasteiger charge is -2.28. The van der Waals surface area contributed by atoms with E-state index in [0.29, 0.717) is 5.92 Å². The highest BCUT2D eigenvalue weighted by Gasteiger charge is 2.14. The van der Waals surface area contributed by atoms with Gasteiger partial charge in [0.25, 0.3) is 0 Å². The van der Waals surface area contributed by atoms with E-state index in [4.69, 9.17) is 9.47 Å². The van der Waals surface area contributed by atoms with E-state index in [1.165, 1.54) is 0 Å². The molecule has 0 saturated carbocycles. The number of rotatable bonds is 9. The van der Waals surface area contributed by atoms with Gasteiger partial charge in [-0.05, 0) is 20.0 Å². The fourth-order valence-electron chi connectivity index (χ4n) is 1.57. The molecular weight excluding hydrogens is 204 g/mol. The van der Waals surface area contributed by atoms with Gasteiger partial charge >= 0.3 is 0 Å². The largest absolute Gasteiger partial charge is 0.355 e. The van der Waals surface area contributed by atoms with Crippen LogP contribution in [0.15, 0.2) is 0 Å². The maximum atomic E-state index is 5.24. The molecule has 0 aliphatic rings. The van der Waals surface area contributed by atoms with Gasteiger partial charge in [-0.1, -0.05) is 13.8 Å². The van der Waals surface area contributed by atoms with Crippen molar-refractivity contribution in [3.05, 3.63) is 0 Å². The number of nitrogens with zero attached hydrogens (tertiary/aromatic N) is 2. The van der Waals surface area contributed by atoms with Crippen molar-refractivity contribution in [3.8, 4) is 0 Å². The van der Waals surface area contributed by atoms with E-state index < -0.39 is 0 Å². The molecule has 16 heavy (non-hydrogen) atoms. The second-order valence-electron chi connectivity index (χ2n) is 4.86. The third kappa shape index (κ3) is 8.05. The molecule has 0 aromatic rings. The molecule has 0 aromatic carbocycles. The summed E-state index contributed by atoms with van der Waals surface area (Å²) in [7, 11) is 7.57. The molecule has 0 radical (unpaired) electrons. The second kappa shape index (κ2) is 8.93. The third-order valence-corrected chi connectivity index (χ3v) is 2.42. The quantitative estimate of drug-likeness (QED) is 0.556. The third-order valence-electron chi connectivity index (χ3n) is 2.42. The average molecular weight is 232 g/mol. The van der Waals surface area contributed by atoms with Gasteiger partial charge in [-0.25, -0.2) is 0 Å². The van der Waals surface area contributed by atoms with Gasteiger partial charge in [0.15, 0.2) is 6.29 Å². The maximum absolute atomic E-state index is 5.24. The Morgan fingerprint density at radius 1 is 0.938 bits per heavy atom. The Bertz CT molecular complexity index is 159. The maximum Gasteiger partial charge on any atom is 0.169 e. The molecule has 0 bridgehead atoms. The topological polar surface area (TPSA) is 24.9 Å². The van der Waals surface area contributed by atoms with Crippen molar-refractivity contribution >= 4 is 0 Å². The molecule has 0 unspecified atom stereocenters. The summed E-state index contributed by atoms with van der Waals surface area (Å²) < 4.78 is 10.5. The summed E-state index contributed by atoms with van der Waals surface area (Å²) in [5.74, 6) is 0.663. The highest BCUT2D eigenvalue weighted by molar-refractivity contribution is 4.63. The Labute approximate surface area is 101 Å². The standard InChI is InChI=1S/C12H28N2O2/c1-11(2)9-14(8-7-13(3)4)10-12(15-5)16-6/h11-12H,7-10H2,1-6H3. The summed E-state index contributed by atoms with van der Waals surface area (Å²) in [4.78, 5) is 4.59. The van der Waals surface area contributed by atoms with E-state index in [1.807, 2.05) is 0 Å². The molecular formula is C12H28N2O2. The molecule has 0 N–H and O–H groups in total. The van der Waals surface area contributed by atoms with E-state index in [-0.39, 0.29) is 6.29 Å². The molecule has 0 atom stereocenters. The van der Waals surface area contributed by atoms with Crippen LogP contribution in [-0.4, -0.2) is 70.6 Å². The van der Waals surface area contributed by atoms with E-state index in [9.17, 15) is 0 Å². The van der Waals surface area contributed by atoms with Gasteiger partial charge in [-0.2, -0.15) is 0 Å². The summed E-state index contributed by atoms with van der Waals surface area (Å²) in [6, 6.07) is 0. The molecule has 0 rings (SSSR count). The predicted octanol–water partition coefficient (Wildman–Crippen LogP) is 1.12. The molecule has 0 fully saturated rings. The molecule has 0 aliphatic heterocycles. The fourth-order valence-corrected chi connectivity index (χ4v) is 1.57. The summed E-state index contributed by atoms with van der Waals surface area (Å²) >= 11 is 0. The van der Waals surface area contributed by atoms with Crippen LogP contribution in [0.5, 0.6) is 0 Å². The zero-order chi connectivity index (χ0) is 12.6. The summed E-state index contributed by atoms with van der Waals surface area (Å²) in [5, 5.41) is 0. The first-order valence-electron chi connectivity index (χ1n) is 5.92. The van der Waals surface area contributed by atoms with Crippen LogP contribution >= 0.6 is 0 Å². The van der Waals surface area contributed by atoms with Gasteiger partial charge in [-0.3, -0.25) is 4.90 Å². The van der Waals surface area contributed by atoms with Crippen molar-refractivity contribution in [2.24, 2.45) is 5.92 Å². The molecule has 0 saturated heterocycles. The van der Waals surface area contributed by atoms with E-state index in [1.54, 1.807) is 14.2 Å². The van der Waals surface area contributed by atoms with Gasteiger partial charge in [0, 0.05) is 40.4 Å². The number of ether oxygens (including phenoxy) is 2. The molecule has 0 spiro atoms. The van der Waals surface area contributed by atoms with Crippen molar-refractivity contribution in [2.75, 3.05) is 54.5 Å². The Kier molecular flexibility index (Phi) is 8.84. The molecule has 0 heterocycles. The summed E-state index contributed by atoms with van der Waals surface area (Å²) in [6.07, 6.45) is -0.124. The minimum absolute atomic E-state index is 0.124. The monoisotopic (exact) mass is 232 g/mol. The SMILES string of the molecule is COC(CN(CCN(C)C)CC(C)C)OC. The number of likely N-dealkylation sites (N-methyl/N-ethyl adjacent to an activating group) is 1. The van der Waals surface area contributed by atoms with Gasteiger partial charge in [0.05, 0.1) is 0 Å². The van der Waals surface area contributed by atoms with Crippen LogP contribution in [0.2, 0.25) is 0 Å². The van der Waals surface area contributed by atoms with Gasteiger partial charge in [-0.15, -0.1) is 0 Å². The lowest BCUT2D eigenvalue weighted by molar-refractivity contribution is -0.117. The van der Waals surface area contributed by atoms with Crippen LogP contribution in [0.25, 0.3) is 0 Å². The molecule has 0 aliphatic carbocycles. The van der Waals surface area contributed by atoms with E-state index in [2.05, 4.69) is 37.7 Å². The van der Waals surface area contributed by atoms with Crippen LogP contribution in [0.1, 0.15) is 13.8 Å². The first kappa shape index (κ1) is 15.8. The van der Waals surface area contributed by atoms with Gasteiger partial charge in [0.1, 0.15) is 0 Å². The lowest BCUT2D eigenvalue weighted by atomic mass is 10.2. The fraction of sp³-hybridized carbons (Fsp3) is 1.00. The van der Waals surface area contributed by atoms with Crippen molar-refractivity contribution in [1.29, 1.82) is 0 Å².